The van der Waals surface area contributed by atoms with Gasteiger partial charge in [-0.2, -0.15) is 0 Å². The van der Waals surface area contributed by atoms with Crippen molar-refractivity contribution >= 4 is 5.97 Å². The van der Waals surface area contributed by atoms with Crippen molar-refractivity contribution in [3.63, 3.8) is 0 Å². The summed E-state index contributed by atoms with van der Waals surface area (Å²) in [6.45, 7) is 5.59. The summed E-state index contributed by atoms with van der Waals surface area (Å²) in [7, 11) is 1.44. The van der Waals surface area contributed by atoms with Crippen LogP contribution in [0.2, 0.25) is 0 Å². The van der Waals surface area contributed by atoms with Crippen LogP contribution in [0.1, 0.15) is 31.1 Å². The lowest BCUT2D eigenvalue weighted by Gasteiger charge is -2.27. The van der Waals surface area contributed by atoms with Crippen LogP contribution in [0, 0.1) is 5.92 Å². The van der Waals surface area contributed by atoms with Crippen molar-refractivity contribution in [2.45, 2.75) is 26.4 Å². The lowest BCUT2D eigenvalue weighted by molar-refractivity contribution is -0.0271. The molecule has 0 saturated heterocycles. The van der Waals surface area contributed by atoms with Gasteiger partial charge in [-0.25, -0.2) is 4.79 Å². The minimum absolute atomic E-state index is 0.0387. The third-order valence-electron chi connectivity index (χ3n) is 3.17. The molecule has 0 amide bonds. The van der Waals surface area contributed by atoms with E-state index in [1.165, 1.54) is 25.3 Å². The minimum Gasteiger partial charge on any atom is -0.493 e. The molecule has 1 aromatic carbocycles. The van der Waals surface area contributed by atoms with Crippen molar-refractivity contribution < 1.29 is 24.5 Å². The summed E-state index contributed by atoms with van der Waals surface area (Å²) >= 11 is 0. The number of benzene rings is 1. The molecule has 0 aliphatic carbocycles. The Balaban J connectivity index is 2.87. The summed E-state index contributed by atoms with van der Waals surface area (Å²) in [6, 6.07) is 4.35. The van der Waals surface area contributed by atoms with Crippen LogP contribution in [0.4, 0.5) is 0 Å². The highest BCUT2D eigenvalue weighted by Crippen LogP contribution is 2.29. The van der Waals surface area contributed by atoms with Gasteiger partial charge in [0.1, 0.15) is 6.61 Å². The van der Waals surface area contributed by atoms with Gasteiger partial charge < -0.3 is 19.7 Å². The molecular weight excluding hydrogens is 248 g/mol. The molecular formula is C14H20O5. The van der Waals surface area contributed by atoms with E-state index in [4.69, 9.17) is 14.6 Å². The zero-order valence-corrected chi connectivity index (χ0v) is 11.6. The number of aromatic carboxylic acids is 1. The summed E-state index contributed by atoms with van der Waals surface area (Å²) in [5.41, 5.74) is -0.837. The Morgan fingerprint density at radius 2 is 2.00 bits per heavy atom. The first-order valence-corrected chi connectivity index (χ1v) is 6.04. The molecule has 0 aliphatic heterocycles. The standard InChI is InChI=1S/C14H20O5/c1-9(2)14(3,17)8-19-11-6-5-10(13(15)16)7-12(11)18-4/h5-7,9,17H,8H2,1-4H3,(H,15,16). The molecule has 1 aromatic rings. The Morgan fingerprint density at radius 1 is 1.37 bits per heavy atom. The van der Waals surface area contributed by atoms with Gasteiger partial charge in [-0.15, -0.1) is 0 Å². The molecule has 0 heterocycles. The second-order valence-electron chi connectivity index (χ2n) is 4.97. The molecule has 0 bridgehead atoms. The maximum absolute atomic E-state index is 10.9. The van der Waals surface area contributed by atoms with Crippen LogP contribution in [0.25, 0.3) is 0 Å². The highest BCUT2D eigenvalue weighted by Gasteiger charge is 2.26. The van der Waals surface area contributed by atoms with Gasteiger partial charge in [-0.3, -0.25) is 0 Å². The van der Waals surface area contributed by atoms with Crippen LogP contribution < -0.4 is 9.47 Å². The van der Waals surface area contributed by atoms with Crippen LogP contribution in [0.15, 0.2) is 18.2 Å². The van der Waals surface area contributed by atoms with Gasteiger partial charge in [0.2, 0.25) is 0 Å². The highest BCUT2D eigenvalue weighted by molar-refractivity contribution is 5.88. The van der Waals surface area contributed by atoms with Gasteiger partial charge in [0.05, 0.1) is 18.3 Å². The molecule has 2 N–H and O–H groups in total. The lowest BCUT2D eigenvalue weighted by Crippen LogP contribution is -2.37. The van der Waals surface area contributed by atoms with Crippen LogP contribution in [-0.4, -0.2) is 35.5 Å². The van der Waals surface area contributed by atoms with Crippen LogP contribution in [0.3, 0.4) is 0 Å². The average Bonchev–Trinajstić information content (AvgIpc) is 2.35. The maximum Gasteiger partial charge on any atom is 0.335 e. The molecule has 5 heteroatoms. The van der Waals surface area contributed by atoms with Gasteiger partial charge in [0, 0.05) is 0 Å². The summed E-state index contributed by atoms with van der Waals surface area (Å²) in [6.07, 6.45) is 0. The quantitative estimate of drug-likeness (QED) is 0.827. The number of carboxylic acids is 1. The van der Waals surface area contributed by atoms with E-state index in [-0.39, 0.29) is 18.1 Å². The van der Waals surface area contributed by atoms with E-state index in [0.717, 1.165) is 0 Å². The number of carboxylic acid groups (broad SMARTS) is 1. The van der Waals surface area contributed by atoms with Crippen LogP contribution >= 0.6 is 0 Å². The molecule has 5 nitrogen and oxygen atoms in total. The van der Waals surface area contributed by atoms with Gasteiger partial charge in [0.15, 0.2) is 11.5 Å². The maximum atomic E-state index is 10.9. The highest BCUT2D eigenvalue weighted by atomic mass is 16.5. The third-order valence-corrected chi connectivity index (χ3v) is 3.17. The number of ether oxygens (including phenoxy) is 2. The van der Waals surface area contributed by atoms with E-state index in [0.29, 0.717) is 11.5 Å². The molecule has 1 atom stereocenters. The van der Waals surface area contributed by atoms with Crippen molar-refractivity contribution in [2.75, 3.05) is 13.7 Å². The van der Waals surface area contributed by atoms with E-state index in [9.17, 15) is 9.90 Å². The number of aliphatic hydroxyl groups is 1. The Labute approximate surface area is 112 Å². The molecule has 106 valence electrons. The van der Waals surface area contributed by atoms with E-state index < -0.39 is 11.6 Å². The number of rotatable bonds is 6. The fourth-order valence-electron chi connectivity index (χ4n) is 1.31. The number of hydrogen-bond acceptors (Lipinski definition) is 4. The fourth-order valence-corrected chi connectivity index (χ4v) is 1.31. The first-order chi connectivity index (χ1) is 8.77. The largest absolute Gasteiger partial charge is 0.493 e. The molecule has 0 saturated carbocycles. The van der Waals surface area contributed by atoms with Gasteiger partial charge in [-0.05, 0) is 31.0 Å². The van der Waals surface area contributed by atoms with Gasteiger partial charge >= 0.3 is 5.97 Å². The van der Waals surface area contributed by atoms with Crippen molar-refractivity contribution in [2.24, 2.45) is 5.92 Å². The molecule has 1 unspecified atom stereocenters. The molecule has 0 radical (unpaired) electrons. The predicted molar refractivity (Wildman–Crippen MR) is 70.9 cm³/mol. The summed E-state index contributed by atoms with van der Waals surface area (Å²) in [4.78, 5) is 10.9. The topological polar surface area (TPSA) is 76.0 Å². The molecule has 0 aliphatic rings. The van der Waals surface area contributed by atoms with Crippen LogP contribution in [-0.2, 0) is 0 Å². The normalized spacial score (nSPS) is 14.0. The van der Waals surface area contributed by atoms with Crippen molar-refractivity contribution in [1.82, 2.24) is 0 Å². The number of methoxy groups -OCH3 is 1. The second kappa shape index (κ2) is 5.93. The Kier molecular flexibility index (Phi) is 4.78. The number of carbonyl (C=O) groups is 1. The van der Waals surface area contributed by atoms with Gasteiger partial charge in [-0.1, -0.05) is 13.8 Å². The molecule has 0 spiro atoms. The van der Waals surface area contributed by atoms with E-state index in [1.807, 2.05) is 13.8 Å². The average molecular weight is 268 g/mol. The number of hydrogen-bond donors (Lipinski definition) is 2. The summed E-state index contributed by atoms with van der Waals surface area (Å²) in [5, 5.41) is 19.0. The Hall–Kier alpha value is -1.75. The van der Waals surface area contributed by atoms with Crippen molar-refractivity contribution in [3.05, 3.63) is 23.8 Å². The van der Waals surface area contributed by atoms with Crippen molar-refractivity contribution in [3.8, 4) is 11.5 Å². The SMILES string of the molecule is COc1cc(C(=O)O)ccc1OCC(C)(O)C(C)C. The Morgan fingerprint density at radius 3 is 2.47 bits per heavy atom. The minimum atomic E-state index is -1.03. The predicted octanol–water partition coefficient (Wildman–Crippen LogP) is 2.18. The zero-order chi connectivity index (χ0) is 14.6. The van der Waals surface area contributed by atoms with E-state index in [2.05, 4.69) is 0 Å². The van der Waals surface area contributed by atoms with Gasteiger partial charge in [0.25, 0.3) is 0 Å². The second-order valence-corrected chi connectivity index (χ2v) is 4.97. The smallest absolute Gasteiger partial charge is 0.335 e. The lowest BCUT2D eigenvalue weighted by atomic mass is 9.94. The van der Waals surface area contributed by atoms with Crippen LogP contribution in [0.5, 0.6) is 11.5 Å². The zero-order valence-electron chi connectivity index (χ0n) is 11.6. The van der Waals surface area contributed by atoms with E-state index >= 15 is 0 Å². The Bertz CT molecular complexity index is 451. The third kappa shape index (κ3) is 3.86. The molecule has 19 heavy (non-hydrogen) atoms. The first kappa shape index (κ1) is 15.3. The summed E-state index contributed by atoms with van der Waals surface area (Å²) in [5.74, 6) is -0.247. The fraction of sp³-hybridized carbons (Fsp3) is 0.500. The molecule has 0 fully saturated rings. The van der Waals surface area contributed by atoms with E-state index in [1.54, 1.807) is 6.92 Å². The monoisotopic (exact) mass is 268 g/mol. The molecule has 0 aromatic heterocycles. The first-order valence-electron chi connectivity index (χ1n) is 6.04. The molecule has 1 rings (SSSR count). The summed E-state index contributed by atoms with van der Waals surface area (Å²) < 4.78 is 10.6. The van der Waals surface area contributed by atoms with Crippen molar-refractivity contribution in [1.29, 1.82) is 0 Å².